The van der Waals surface area contributed by atoms with E-state index < -0.39 is 5.97 Å². The normalized spacial score (nSPS) is 12.0. The molecule has 5 nitrogen and oxygen atoms in total. The van der Waals surface area contributed by atoms with Crippen molar-refractivity contribution in [3.63, 3.8) is 0 Å². The SMILES string of the molecule is COc1cccc(Cn2c(C)c(CNCC(C)c3ccccc3)c(C(=O)O)c2C)c1. The molecular formula is C25H30N2O3. The van der Waals surface area contributed by atoms with Gasteiger partial charge in [0.1, 0.15) is 5.75 Å². The van der Waals surface area contributed by atoms with Crippen molar-refractivity contribution in [1.29, 1.82) is 0 Å². The number of nitrogens with zero attached hydrogens (tertiary/aromatic N) is 1. The second-order valence-electron chi connectivity index (χ2n) is 7.71. The largest absolute Gasteiger partial charge is 0.497 e. The predicted octanol–water partition coefficient (Wildman–Crippen LogP) is 4.75. The molecule has 30 heavy (non-hydrogen) atoms. The van der Waals surface area contributed by atoms with Gasteiger partial charge in [-0.3, -0.25) is 0 Å². The standard InChI is InChI=1S/C25H30N2O3/c1-17(21-10-6-5-7-11-21)14-26-15-23-18(2)27(19(3)24(23)25(28)29)16-20-9-8-12-22(13-20)30-4/h5-13,17,26H,14-16H2,1-4H3,(H,28,29). The second kappa shape index (κ2) is 9.63. The maximum absolute atomic E-state index is 12.0. The van der Waals surface area contributed by atoms with Crippen LogP contribution in [0.1, 0.15) is 51.3 Å². The van der Waals surface area contributed by atoms with E-state index in [2.05, 4.69) is 28.9 Å². The van der Waals surface area contributed by atoms with E-state index in [1.807, 2.05) is 56.3 Å². The fraction of sp³-hybridized carbons (Fsp3) is 0.320. The van der Waals surface area contributed by atoms with E-state index in [1.165, 1.54) is 5.56 Å². The first-order chi connectivity index (χ1) is 14.4. The minimum Gasteiger partial charge on any atom is -0.497 e. The molecule has 2 aromatic carbocycles. The summed E-state index contributed by atoms with van der Waals surface area (Å²) in [5.74, 6) is 0.262. The molecule has 0 aliphatic rings. The molecule has 0 saturated carbocycles. The molecular weight excluding hydrogens is 376 g/mol. The van der Waals surface area contributed by atoms with Gasteiger partial charge in [-0.2, -0.15) is 0 Å². The van der Waals surface area contributed by atoms with E-state index >= 15 is 0 Å². The Bertz CT molecular complexity index is 1010. The minimum atomic E-state index is -0.882. The molecule has 1 heterocycles. The smallest absolute Gasteiger partial charge is 0.337 e. The molecule has 0 fully saturated rings. The molecule has 0 amide bonds. The van der Waals surface area contributed by atoms with Gasteiger partial charge in [-0.1, -0.05) is 49.4 Å². The van der Waals surface area contributed by atoms with E-state index in [4.69, 9.17) is 4.74 Å². The number of methoxy groups -OCH3 is 1. The van der Waals surface area contributed by atoms with Crippen molar-refractivity contribution in [1.82, 2.24) is 9.88 Å². The van der Waals surface area contributed by atoms with Crippen LogP contribution in [0, 0.1) is 13.8 Å². The highest BCUT2D eigenvalue weighted by Crippen LogP contribution is 2.25. The van der Waals surface area contributed by atoms with Gasteiger partial charge in [0.2, 0.25) is 0 Å². The van der Waals surface area contributed by atoms with Gasteiger partial charge in [-0.25, -0.2) is 4.79 Å². The Hall–Kier alpha value is -3.05. The molecule has 5 heteroatoms. The number of nitrogens with one attached hydrogen (secondary N) is 1. The summed E-state index contributed by atoms with van der Waals surface area (Å²) in [4.78, 5) is 12.0. The summed E-state index contributed by atoms with van der Waals surface area (Å²) in [5.41, 5.74) is 5.35. The summed E-state index contributed by atoms with van der Waals surface area (Å²) in [6.45, 7) is 7.96. The molecule has 0 aliphatic heterocycles. The number of hydrogen-bond donors (Lipinski definition) is 2. The van der Waals surface area contributed by atoms with Crippen LogP contribution in [0.3, 0.4) is 0 Å². The van der Waals surface area contributed by atoms with Crippen LogP contribution < -0.4 is 10.1 Å². The van der Waals surface area contributed by atoms with E-state index in [0.717, 1.165) is 34.8 Å². The van der Waals surface area contributed by atoms with Crippen molar-refractivity contribution in [2.75, 3.05) is 13.7 Å². The third kappa shape index (κ3) is 4.74. The third-order valence-corrected chi connectivity index (χ3v) is 5.72. The molecule has 0 spiro atoms. The lowest BCUT2D eigenvalue weighted by atomic mass is 10.0. The summed E-state index contributed by atoms with van der Waals surface area (Å²) in [5, 5.41) is 13.3. The van der Waals surface area contributed by atoms with Crippen LogP contribution in [0.4, 0.5) is 0 Å². The number of carboxylic acid groups (broad SMARTS) is 1. The van der Waals surface area contributed by atoms with Crippen LogP contribution in [0.2, 0.25) is 0 Å². The lowest BCUT2D eigenvalue weighted by molar-refractivity contribution is 0.0694. The average molecular weight is 407 g/mol. The third-order valence-electron chi connectivity index (χ3n) is 5.72. The summed E-state index contributed by atoms with van der Waals surface area (Å²) in [7, 11) is 1.65. The summed E-state index contributed by atoms with van der Waals surface area (Å²) >= 11 is 0. The second-order valence-corrected chi connectivity index (χ2v) is 7.71. The Morgan fingerprint density at radius 2 is 1.83 bits per heavy atom. The maximum Gasteiger partial charge on any atom is 0.337 e. The summed E-state index contributed by atoms with van der Waals surface area (Å²) in [6.07, 6.45) is 0. The average Bonchev–Trinajstić information content (AvgIpc) is 2.99. The van der Waals surface area contributed by atoms with Crippen LogP contribution in [0.25, 0.3) is 0 Å². The Labute approximate surface area is 178 Å². The Morgan fingerprint density at radius 3 is 2.50 bits per heavy atom. The fourth-order valence-electron chi connectivity index (χ4n) is 3.95. The molecule has 0 aliphatic carbocycles. The van der Waals surface area contributed by atoms with Gasteiger partial charge in [0, 0.05) is 36.6 Å². The topological polar surface area (TPSA) is 63.5 Å². The van der Waals surface area contributed by atoms with Gasteiger partial charge < -0.3 is 19.7 Å². The lowest BCUT2D eigenvalue weighted by Crippen LogP contribution is -2.21. The molecule has 158 valence electrons. The number of aromatic nitrogens is 1. The molecule has 1 atom stereocenters. The predicted molar refractivity (Wildman–Crippen MR) is 120 cm³/mol. The van der Waals surface area contributed by atoms with Crippen LogP contribution in [-0.4, -0.2) is 29.3 Å². The lowest BCUT2D eigenvalue weighted by Gasteiger charge is -2.14. The number of benzene rings is 2. The molecule has 1 aromatic heterocycles. The highest BCUT2D eigenvalue weighted by atomic mass is 16.5. The molecule has 1 unspecified atom stereocenters. The Kier molecular flexibility index (Phi) is 6.95. The number of aromatic carboxylic acids is 1. The van der Waals surface area contributed by atoms with Crippen molar-refractivity contribution in [3.8, 4) is 5.75 Å². The Morgan fingerprint density at radius 1 is 1.10 bits per heavy atom. The minimum absolute atomic E-state index is 0.347. The number of rotatable bonds is 9. The molecule has 3 aromatic rings. The quantitative estimate of drug-likeness (QED) is 0.538. The van der Waals surface area contributed by atoms with Crippen molar-refractivity contribution < 1.29 is 14.6 Å². The van der Waals surface area contributed by atoms with E-state index in [9.17, 15) is 9.90 Å². The van der Waals surface area contributed by atoms with Gasteiger partial charge in [0.15, 0.2) is 0 Å². The van der Waals surface area contributed by atoms with Crippen LogP contribution >= 0.6 is 0 Å². The van der Waals surface area contributed by atoms with E-state index in [1.54, 1.807) is 7.11 Å². The first-order valence-corrected chi connectivity index (χ1v) is 10.2. The van der Waals surface area contributed by atoms with Crippen molar-refractivity contribution >= 4 is 5.97 Å². The monoisotopic (exact) mass is 406 g/mol. The number of ether oxygens (including phenoxy) is 1. The molecule has 3 rings (SSSR count). The Balaban J connectivity index is 1.80. The van der Waals surface area contributed by atoms with Gasteiger partial charge in [-0.05, 0) is 43.0 Å². The van der Waals surface area contributed by atoms with Gasteiger partial charge in [-0.15, -0.1) is 0 Å². The zero-order valence-electron chi connectivity index (χ0n) is 18.1. The highest BCUT2D eigenvalue weighted by molar-refractivity contribution is 5.91. The number of hydrogen-bond acceptors (Lipinski definition) is 3. The van der Waals surface area contributed by atoms with Crippen molar-refractivity contribution in [2.24, 2.45) is 0 Å². The van der Waals surface area contributed by atoms with Gasteiger partial charge in [0.05, 0.1) is 12.7 Å². The summed E-state index contributed by atoms with van der Waals surface area (Å²) < 4.78 is 7.40. The van der Waals surface area contributed by atoms with E-state index in [0.29, 0.717) is 24.6 Å². The maximum atomic E-state index is 12.0. The number of carboxylic acids is 1. The van der Waals surface area contributed by atoms with Crippen molar-refractivity contribution in [2.45, 2.75) is 39.8 Å². The van der Waals surface area contributed by atoms with Crippen LogP contribution in [0.5, 0.6) is 5.75 Å². The zero-order chi connectivity index (χ0) is 21.7. The zero-order valence-corrected chi connectivity index (χ0v) is 18.1. The molecule has 0 saturated heterocycles. The van der Waals surface area contributed by atoms with Crippen LogP contribution in [0.15, 0.2) is 54.6 Å². The molecule has 0 radical (unpaired) electrons. The summed E-state index contributed by atoms with van der Waals surface area (Å²) in [6, 6.07) is 18.2. The van der Waals surface area contributed by atoms with Crippen molar-refractivity contribution in [3.05, 3.63) is 88.2 Å². The fourth-order valence-corrected chi connectivity index (χ4v) is 3.95. The number of carbonyl (C=O) groups is 1. The van der Waals surface area contributed by atoms with Gasteiger partial charge >= 0.3 is 5.97 Å². The van der Waals surface area contributed by atoms with Gasteiger partial charge in [0.25, 0.3) is 0 Å². The van der Waals surface area contributed by atoms with E-state index in [-0.39, 0.29) is 0 Å². The molecule has 2 N–H and O–H groups in total. The highest BCUT2D eigenvalue weighted by Gasteiger charge is 2.22. The first-order valence-electron chi connectivity index (χ1n) is 10.2. The molecule has 0 bridgehead atoms. The first kappa shape index (κ1) is 21.7. The van der Waals surface area contributed by atoms with Crippen LogP contribution in [-0.2, 0) is 13.1 Å².